The second-order valence-corrected chi connectivity index (χ2v) is 6.12. The number of nitrogens with zero attached hydrogens (tertiary/aromatic N) is 1. The Hall–Kier alpha value is -1.60. The molecular formula is C11H16N2O4S. The van der Waals surface area contributed by atoms with E-state index < -0.39 is 15.9 Å². The number of benzene rings is 1. The van der Waals surface area contributed by atoms with Crippen LogP contribution in [0.15, 0.2) is 23.1 Å². The monoisotopic (exact) mass is 272 g/mol. The Morgan fingerprint density at radius 1 is 1.39 bits per heavy atom. The number of carbonyl (C=O) groups excluding carboxylic acids is 1. The molecule has 0 aliphatic carbocycles. The predicted octanol–water partition coefficient (Wildman–Crippen LogP) is 0.109. The van der Waals surface area contributed by atoms with Gasteiger partial charge in [0.25, 0.3) is 5.91 Å². The molecule has 1 aromatic rings. The molecule has 100 valence electrons. The lowest BCUT2D eigenvalue weighted by molar-refractivity contribution is -0.119. The van der Waals surface area contributed by atoms with Crippen LogP contribution in [-0.4, -0.2) is 39.3 Å². The van der Waals surface area contributed by atoms with Crippen LogP contribution in [0, 0.1) is 6.92 Å². The number of ether oxygens (including phenoxy) is 1. The van der Waals surface area contributed by atoms with Gasteiger partial charge in [0.15, 0.2) is 6.61 Å². The van der Waals surface area contributed by atoms with E-state index in [1.807, 2.05) is 0 Å². The van der Waals surface area contributed by atoms with Crippen LogP contribution in [0.1, 0.15) is 5.56 Å². The van der Waals surface area contributed by atoms with Gasteiger partial charge in [-0.15, -0.1) is 0 Å². The van der Waals surface area contributed by atoms with E-state index in [-0.39, 0.29) is 11.5 Å². The summed E-state index contributed by atoms with van der Waals surface area (Å²) in [5.41, 5.74) is 5.59. The summed E-state index contributed by atoms with van der Waals surface area (Å²) in [6.45, 7) is 1.46. The van der Waals surface area contributed by atoms with Crippen molar-refractivity contribution in [2.45, 2.75) is 11.8 Å². The number of hydrogen-bond donors (Lipinski definition) is 1. The van der Waals surface area contributed by atoms with Gasteiger partial charge in [-0.05, 0) is 30.7 Å². The zero-order chi connectivity index (χ0) is 13.9. The van der Waals surface area contributed by atoms with Crippen LogP contribution in [0.3, 0.4) is 0 Å². The summed E-state index contributed by atoms with van der Waals surface area (Å²) < 4.78 is 30.0. The minimum Gasteiger partial charge on any atom is -0.484 e. The smallest absolute Gasteiger partial charge is 0.255 e. The number of nitrogens with two attached hydrogens (primary N) is 1. The van der Waals surface area contributed by atoms with E-state index in [4.69, 9.17) is 10.5 Å². The Balaban J connectivity index is 3.03. The molecule has 0 aromatic heterocycles. The quantitative estimate of drug-likeness (QED) is 0.823. The standard InChI is InChI=1S/C11H16N2O4S/c1-8-6-9(18(15,16)13(2)3)4-5-10(8)17-7-11(12)14/h4-6H,7H2,1-3H3,(H2,12,14). The zero-order valence-corrected chi connectivity index (χ0v) is 11.3. The van der Waals surface area contributed by atoms with Gasteiger partial charge in [0.2, 0.25) is 10.0 Å². The molecule has 1 rings (SSSR count). The molecule has 2 N–H and O–H groups in total. The number of sulfonamides is 1. The Labute approximate surface area is 106 Å². The Bertz CT molecular complexity index is 552. The molecule has 0 atom stereocenters. The van der Waals surface area contributed by atoms with Gasteiger partial charge in [-0.3, -0.25) is 4.79 Å². The first-order valence-electron chi connectivity index (χ1n) is 5.19. The maximum Gasteiger partial charge on any atom is 0.255 e. The average Bonchev–Trinajstić information content (AvgIpc) is 2.26. The molecule has 1 amide bonds. The number of primary amides is 1. The molecule has 0 bridgehead atoms. The first-order chi connectivity index (χ1) is 8.25. The average molecular weight is 272 g/mol. The molecule has 0 saturated carbocycles. The van der Waals surface area contributed by atoms with Crippen LogP contribution in [0.4, 0.5) is 0 Å². The van der Waals surface area contributed by atoms with E-state index >= 15 is 0 Å². The van der Waals surface area contributed by atoms with Crippen LogP contribution in [-0.2, 0) is 14.8 Å². The highest BCUT2D eigenvalue weighted by Crippen LogP contribution is 2.23. The summed E-state index contributed by atoms with van der Waals surface area (Å²) >= 11 is 0. The highest BCUT2D eigenvalue weighted by Gasteiger charge is 2.18. The largest absolute Gasteiger partial charge is 0.484 e. The minimum atomic E-state index is -3.46. The van der Waals surface area contributed by atoms with Crippen molar-refractivity contribution in [2.24, 2.45) is 5.73 Å². The van der Waals surface area contributed by atoms with Gasteiger partial charge >= 0.3 is 0 Å². The van der Waals surface area contributed by atoms with E-state index in [1.54, 1.807) is 6.92 Å². The van der Waals surface area contributed by atoms with Crippen molar-refractivity contribution in [3.8, 4) is 5.75 Å². The van der Waals surface area contributed by atoms with Gasteiger partial charge in [0.05, 0.1) is 4.90 Å². The summed E-state index contributed by atoms with van der Waals surface area (Å²) in [4.78, 5) is 10.8. The Morgan fingerprint density at radius 2 is 2.00 bits per heavy atom. The highest BCUT2D eigenvalue weighted by atomic mass is 32.2. The van der Waals surface area contributed by atoms with Crippen molar-refractivity contribution in [3.05, 3.63) is 23.8 Å². The molecule has 0 heterocycles. The van der Waals surface area contributed by atoms with Crippen LogP contribution in [0.25, 0.3) is 0 Å². The summed E-state index contributed by atoms with van der Waals surface area (Å²) in [7, 11) is -0.540. The highest BCUT2D eigenvalue weighted by molar-refractivity contribution is 7.89. The molecule has 0 radical (unpaired) electrons. The first-order valence-corrected chi connectivity index (χ1v) is 6.63. The number of amides is 1. The van der Waals surface area contributed by atoms with Crippen molar-refractivity contribution in [3.63, 3.8) is 0 Å². The molecule has 1 aromatic carbocycles. The molecular weight excluding hydrogens is 256 g/mol. The Morgan fingerprint density at radius 3 is 2.44 bits per heavy atom. The van der Waals surface area contributed by atoms with Crippen LogP contribution < -0.4 is 10.5 Å². The fourth-order valence-electron chi connectivity index (χ4n) is 1.30. The van der Waals surface area contributed by atoms with E-state index in [0.29, 0.717) is 11.3 Å². The number of rotatable bonds is 5. The maximum atomic E-state index is 11.9. The van der Waals surface area contributed by atoms with Gasteiger partial charge < -0.3 is 10.5 Å². The Kier molecular flexibility index (Phi) is 4.31. The van der Waals surface area contributed by atoms with Gasteiger partial charge in [0, 0.05) is 14.1 Å². The van der Waals surface area contributed by atoms with Crippen LogP contribution in [0.2, 0.25) is 0 Å². The van der Waals surface area contributed by atoms with Gasteiger partial charge in [-0.1, -0.05) is 0 Å². The summed E-state index contributed by atoms with van der Waals surface area (Å²) in [5, 5.41) is 0. The maximum absolute atomic E-state index is 11.9. The summed E-state index contributed by atoms with van der Waals surface area (Å²) in [6, 6.07) is 4.43. The van der Waals surface area contributed by atoms with Gasteiger partial charge in [-0.25, -0.2) is 12.7 Å². The number of aryl methyl sites for hydroxylation is 1. The van der Waals surface area contributed by atoms with Crippen molar-refractivity contribution in [2.75, 3.05) is 20.7 Å². The van der Waals surface area contributed by atoms with E-state index in [0.717, 1.165) is 4.31 Å². The fraction of sp³-hybridized carbons (Fsp3) is 0.364. The molecule has 7 heteroatoms. The fourth-order valence-corrected chi connectivity index (χ4v) is 2.29. The van der Waals surface area contributed by atoms with E-state index in [1.165, 1.54) is 32.3 Å². The molecule has 0 spiro atoms. The topological polar surface area (TPSA) is 89.7 Å². The van der Waals surface area contributed by atoms with Crippen LogP contribution in [0.5, 0.6) is 5.75 Å². The first kappa shape index (κ1) is 14.5. The third-order valence-corrected chi connectivity index (χ3v) is 4.11. The molecule has 6 nitrogen and oxygen atoms in total. The predicted molar refractivity (Wildman–Crippen MR) is 66.7 cm³/mol. The second-order valence-electron chi connectivity index (χ2n) is 3.97. The van der Waals surface area contributed by atoms with Crippen molar-refractivity contribution >= 4 is 15.9 Å². The van der Waals surface area contributed by atoms with Crippen molar-refractivity contribution < 1.29 is 17.9 Å². The molecule has 0 aliphatic rings. The van der Waals surface area contributed by atoms with E-state index in [2.05, 4.69) is 0 Å². The lowest BCUT2D eigenvalue weighted by atomic mass is 10.2. The van der Waals surface area contributed by atoms with Crippen molar-refractivity contribution in [1.29, 1.82) is 0 Å². The SMILES string of the molecule is Cc1cc(S(=O)(=O)N(C)C)ccc1OCC(N)=O. The molecule has 0 unspecified atom stereocenters. The van der Waals surface area contributed by atoms with Crippen LogP contribution >= 0.6 is 0 Å². The molecule has 0 saturated heterocycles. The minimum absolute atomic E-state index is 0.177. The lowest BCUT2D eigenvalue weighted by Gasteiger charge is -2.13. The normalized spacial score (nSPS) is 11.6. The molecule has 0 aliphatic heterocycles. The zero-order valence-electron chi connectivity index (χ0n) is 10.5. The van der Waals surface area contributed by atoms with E-state index in [9.17, 15) is 13.2 Å². The van der Waals surface area contributed by atoms with Gasteiger partial charge in [-0.2, -0.15) is 0 Å². The number of carbonyl (C=O) groups is 1. The van der Waals surface area contributed by atoms with Crippen molar-refractivity contribution in [1.82, 2.24) is 4.31 Å². The second kappa shape index (κ2) is 5.36. The summed E-state index contributed by atoms with van der Waals surface area (Å²) in [5.74, 6) is -0.147. The summed E-state index contributed by atoms with van der Waals surface area (Å²) in [6.07, 6.45) is 0. The molecule has 0 fully saturated rings. The third-order valence-electron chi connectivity index (χ3n) is 2.29. The number of hydrogen-bond acceptors (Lipinski definition) is 4. The third kappa shape index (κ3) is 3.21. The van der Waals surface area contributed by atoms with Gasteiger partial charge in [0.1, 0.15) is 5.75 Å². The lowest BCUT2D eigenvalue weighted by Crippen LogP contribution is -2.22. The molecule has 18 heavy (non-hydrogen) atoms.